The van der Waals surface area contributed by atoms with Crippen LogP contribution in [0.4, 0.5) is 0 Å². The number of hydrogen-bond donors (Lipinski definition) is 1. The van der Waals surface area contributed by atoms with E-state index in [-0.39, 0.29) is 11.0 Å². The number of hydrogen-bond acceptors (Lipinski definition) is 3. The molecular weight excluding hydrogens is 288 g/mol. The lowest BCUT2D eigenvalue weighted by Gasteiger charge is -2.16. The highest BCUT2D eigenvalue weighted by Crippen LogP contribution is 2.25. The number of ether oxygens (including phenoxy) is 1. The van der Waals surface area contributed by atoms with E-state index in [9.17, 15) is 8.42 Å². The maximum Gasteiger partial charge on any atom is 0.294 e. The first-order valence-electron chi connectivity index (χ1n) is 6.61. The van der Waals surface area contributed by atoms with Crippen LogP contribution in [0.3, 0.4) is 0 Å². The molecule has 21 heavy (non-hydrogen) atoms. The van der Waals surface area contributed by atoms with E-state index in [0.717, 1.165) is 16.7 Å². The predicted octanol–water partition coefficient (Wildman–Crippen LogP) is 3.52. The molecule has 4 nitrogen and oxygen atoms in total. The standard InChI is InChI=1S/C16H18O4S/c1-12-8-9-15(21(17,18)19)10-16(12)13(2)20-11-14-6-4-3-5-7-14/h3-10,13H,11H2,1-2H3,(H,17,18,19). The van der Waals surface area contributed by atoms with Gasteiger partial charge in [0.2, 0.25) is 0 Å². The Balaban J connectivity index is 2.17. The Bertz CT molecular complexity index is 708. The lowest BCUT2D eigenvalue weighted by atomic mass is 10.0. The Hall–Kier alpha value is -1.69. The molecule has 0 aliphatic rings. The smallest absolute Gasteiger partial charge is 0.294 e. The molecule has 0 aliphatic heterocycles. The highest BCUT2D eigenvalue weighted by atomic mass is 32.2. The van der Waals surface area contributed by atoms with E-state index in [2.05, 4.69) is 0 Å². The predicted molar refractivity (Wildman–Crippen MR) is 80.6 cm³/mol. The van der Waals surface area contributed by atoms with Gasteiger partial charge in [-0.05, 0) is 42.7 Å². The van der Waals surface area contributed by atoms with Crippen LogP contribution in [0.2, 0.25) is 0 Å². The normalized spacial score (nSPS) is 13.1. The van der Waals surface area contributed by atoms with Gasteiger partial charge in [0.05, 0.1) is 17.6 Å². The van der Waals surface area contributed by atoms with Gasteiger partial charge >= 0.3 is 0 Å². The van der Waals surface area contributed by atoms with Crippen LogP contribution in [0.15, 0.2) is 53.4 Å². The number of benzene rings is 2. The summed E-state index contributed by atoms with van der Waals surface area (Å²) < 4.78 is 37.3. The molecule has 2 aromatic carbocycles. The molecule has 2 rings (SSSR count). The van der Waals surface area contributed by atoms with Crippen molar-refractivity contribution in [2.24, 2.45) is 0 Å². The summed E-state index contributed by atoms with van der Waals surface area (Å²) in [6, 6.07) is 14.3. The van der Waals surface area contributed by atoms with E-state index >= 15 is 0 Å². The van der Waals surface area contributed by atoms with Crippen molar-refractivity contribution in [1.29, 1.82) is 0 Å². The molecule has 0 saturated carbocycles. The quantitative estimate of drug-likeness (QED) is 0.858. The zero-order valence-electron chi connectivity index (χ0n) is 12.0. The van der Waals surface area contributed by atoms with E-state index in [0.29, 0.717) is 6.61 Å². The third kappa shape index (κ3) is 4.14. The molecule has 112 valence electrons. The average Bonchev–Trinajstić information content (AvgIpc) is 2.45. The highest BCUT2D eigenvalue weighted by Gasteiger charge is 2.15. The molecule has 0 bridgehead atoms. The molecule has 0 spiro atoms. The Kier molecular flexibility index (Phi) is 4.77. The van der Waals surface area contributed by atoms with Crippen LogP contribution in [-0.2, 0) is 21.5 Å². The molecule has 1 N–H and O–H groups in total. The van der Waals surface area contributed by atoms with Gasteiger partial charge in [-0.2, -0.15) is 8.42 Å². The SMILES string of the molecule is Cc1ccc(S(=O)(=O)O)cc1C(C)OCc1ccccc1. The zero-order chi connectivity index (χ0) is 15.5. The molecule has 0 heterocycles. The third-order valence-electron chi connectivity index (χ3n) is 3.33. The molecule has 0 aromatic heterocycles. The molecule has 0 amide bonds. The van der Waals surface area contributed by atoms with Crippen molar-refractivity contribution in [2.45, 2.75) is 31.5 Å². The van der Waals surface area contributed by atoms with E-state index in [1.807, 2.05) is 44.2 Å². The van der Waals surface area contributed by atoms with Crippen LogP contribution < -0.4 is 0 Å². The first kappa shape index (κ1) is 15.7. The Labute approximate surface area is 125 Å². The largest absolute Gasteiger partial charge is 0.369 e. The summed E-state index contributed by atoms with van der Waals surface area (Å²) in [4.78, 5) is -0.113. The van der Waals surface area contributed by atoms with Gasteiger partial charge in [-0.3, -0.25) is 4.55 Å². The summed E-state index contributed by atoms with van der Waals surface area (Å²) in [6.07, 6.45) is -0.271. The minimum atomic E-state index is -4.20. The fourth-order valence-electron chi connectivity index (χ4n) is 2.10. The van der Waals surface area contributed by atoms with Crippen molar-refractivity contribution in [2.75, 3.05) is 0 Å². The average molecular weight is 306 g/mol. The topological polar surface area (TPSA) is 63.6 Å². The highest BCUT2D eigenvalue weighted by molar-refractivity contribution is 7.85. The van der Waals surface area contributed by atoms with E-state index in [4.69, 9.17) is 9.29 Å². The monoisotopic (exact) mass is 306 g/mol. The second kappa shape index (κ2) is 6.39. The second-order valence-electron chi connectivity index (χ2n) is 4.93. The van der Waals surface area contributed by atoms with Gasteiger partial charge < -0.3 is 4.74 Å². The summed E-state index contributed by atoms with van der Waals surface area (Å²) >= 11 is 0. The van der Waals surface area contributed by atoms with E-state index in [1.54, 1.807) is 6.07 Å². The van der Waals surface area contributed by atoms with Crippen LogP contribution in [0, 0.1) is 6.92 Å². The fourth-order valence-corrected chi connectivity index (χ4v) is 2.62. The van der Waals surface area contributed by atoms with Gasteiger partial charge in [-0.15, -0.1) is 0 Å². The molecule has 1 atom stereocenters. The van der Waals surface area contributed by atoms with Crippen molar-refractivity contribution >= 4 is 10.1 Å². The van der Waals surface area contributed by atoms with Crippen molar-refractivity contribution in [3.63, 3.8) is 0 Å². The molecule has 0 saturated heterocycles. The molecule has 2 aromatic rings. The van der Waals surface area contributed by atoms with Gasteiger partial charge in [-0.1, -0.05) is 36.4 Å². The lowest BCUT2D eigenvalue weighted by molar-refractivity contribution is 0.0520. The van der Waals surface area contributed by atoms with Crippen molar-refractivity contribution in [3.05, 3.63) is 65.2 Å². The minimum absolute atomic E-state index is 0.113. The molecular formula is C16H18O4S. The van der Waals surface area contributed by atoms with Crippen LogP contribution in [0.25, 0.3) is 0 Å². The van der Waals surface area contributed by atoms with Gasteiger partial charge in [-0.25, -0.2) is 0 Å². The van der Waals surface area contributed by atoms with E-state index in [1.165, 1.54) is 12.1 Å². The zero-order valence-corrected chi connectivity index (χ0v) is 12.8. The summed E-state index contributed by atoms with van der Waals surface area (Å²) in [5.41, 5.74) is 2.72. The lowest BCUT2D eigenvalue weighted by Crippen LogP contribution is -2.05. The summed E-state index contributed by atoms with van der Waals surface area (Å²) in [5, 5.41) is 0. The molecule has 0 fully saturated rings. The maximum absolute atomic E-state index is 11.2. The number of rotatable bonds is 5. The maximum atomic E-state index is 11.2. The second-order valence-corrected chi connectivity index (χ2v) is 6.35. The Morgan fingerprint density at radius 2 is 1.81 bits per heavy atom. The van der Waals surface area contributed by atoms with Gasteiger partial charge in [0.15, 0.2) is 0 Å². The molecule has 5 heteroatoms. The van der Waals surface area contributed by atoms with Crippen LogP contribution in [-0.4, -0.2) is 13.0 Å². The fraction of sp³-hybridized carbons (Fsp3) is 0.250. The summed E-state index contributed by atoms with van der Waals surface area (Å²) in [5.74, 6) is 0. The van der Waals surface area contributed by atoms with Crippen LogP contribution >= 0.6 is 0 Å². The molecule has 1 unspecified atom stereocenters. The van der Waals surface area contributed by atoms with Gasteiger partial charge in [0.25, 0.3) is 10.1 Å². The van der Waals surface area contributed by atoms with Crippen molar-refractivity contribution < 1.29 is 17.7 Å². The van der Waals surface area contributed by atoms with Gasteiger partial charge in [0, 0.05) is 0 Å². The third-order valence-corrected chi connectivity index (χ3v) is 4.18. The number of aryl methyl sites for hydroxylation is 1. The van der Waals surface area contributed by atoms with Crippen LogP contribution in [0.5, 0.6) is 0 Å². The minimum Gasteiger partial charge on any atom is -0.369 e. The van der Waals surface area contributed by atoms with Gasteiger partial charge in [0.1, 0.15) is 0 Å². The Morgan fingerprint density at radius 1 is 1.14 bits per heavy atom. The summed E-state index contributed by atoms with van der Waals surface area (Å²) in [6.45, 7) is 4.18. The van der Waals surface area contributed by atoms with Crippen molar-refractivity contribution in [1.82, 2.24) is 0 Å². The van der Waals surface area contributed by atoms with Crippen LogP contribution in [0.1, 0.15) is 29.7 Å². The first-order valence-corrected chi connectivity index (χ1v) is 8.05. The summed E-state index contributed by atoms with van der Waals surface area (Å²) in [7, 11) is -4.20. The van der Waals surface area contributed by atoms with E-state index < -0.39 is 10.1 Å². The molecule has 0 radical (unpaired) electrons. The van der Waals surface area contributed by atoms with Crippen molar-refractivity contribution in [3.8, 4) is 0 Å². The Morgan fingerprint density at radius 3 is 2.43 bits per heavy atom. The first-order chi connectivity index (χ1) is 9.88. The molecule has 0 aliphatic carbocycles.